The molecule has 0 unspecified atom stereocenters. The first-order chi connectivity index (χ1) is 8.67. The van der Waals surface area contributed by atoms with Gasteiger partial charge in [-0.15, -0.1) is 0 Å². The van der Waals surface area contributed by atoms with Crippen LogP contribution < -0.4 is 5.73 Å². The lowest BCUT2D eigenvalue weighted by molar-refractivity contribution is -0.134. The van der Waals surface area contributed by atoms with E-state index in [9.17, 15) is 13.2 Å². The maximum Gasteiger partial charge on any atom is 0.281 e. The zero-order valence-corrected chi connectivity index (χ0v) is 12.9. The Morgan fingerprint density at radius 1 is 1.16 bits per heavy atom. The van der Waals surface area contributed by atoms with Crippen molar-refractivity contribution in [2.45, 2.75) is 19.9 Å². The second-order valence-electron chi connectivity index (χ2n) is 5.28. The van der Waals surface area contributed by atoms with Crippen molar-refractivity contribution in [3.8, 4) is 0 Å². The summed E-state index contributed by atoms with van der Waals surface area (Å²) in [5.41, 5.74) is 5.83. The molecule has 2 N–H and O–H groups in total. The van der Waals surface area contributed by atoms with E-state index >= 15 is 0 Å². The van der Waals surface area contributed by atoms with Gasteiger partial charge in [0, 0.05) is 40.3 Å². The van der Waals surface area contributed by atoms with Crippen LogP contribution in [0.25, 0.3) is 0 Å². The SMILES string of the molecule is CC(C)[C@@H](N)C(=O)N1CCN(S(=O)(=O)N(C)C)CC1. The van der Waals surface area contributed by atoms with E-state index in [2.05, 4.69) is 0 Å². The number of piperazine rings is 1. The monoisotopic (exact) mass is 292 g/mol. The largest absolute Gasteiger partial charge is 0.339 e. The summed E-state index contributed by atoms with van der Waals surface area (Å²) < 4.78 is 26.4. The summed E-state index contributed by atoms with van der Waals surface area (Å²) in [6, 6.07) is -0.517. The molecule has 1 atom stereocenters. The highest BCUT2D eigenvalue weighted by molar-refractivity contribution is 7.86. The molecule has 0 bridgehead atoms. The van der Waals surface area contributed by atoms with E-state index in [-0.39, 0.29) is 11.8 Å². The standard InChI is InChI=1S/C11H24N4O3S/c1-9(2)10(12)11(16)14-5-7-15(8-6-14)19(17,18)13(3)4/h9-10H,5-8,12H2,1-4H3/t10-/m1/s1. The van der Waals surface area contributed by atoms with Crippen molar-refractivity contribution in [3.05, 3.63) is 0 Å². The van der Waals surface area contributed by atoms with Crippen LogP contribution in [0.1, 0.15) is 13.8 Å². The Balaban J connectivity index is 2.61. The Labute approximate surface area is 115 Å². The molecule has 0 saturated carbocycles. The number of carbonyl (C=O) groups excluding carboxylic acids is 1. The number of carbonyl (C=O) groups is 1. The Bertz CT molecular complexity index is 414. The van der Waals surface area contributed by atoms with E-state index in [1.807, 2.05) is 13.8 Å². The van der Waals surface area contributed by atoms with Gasteiger partial charge in [-0.25, -0.2) is 0 Å². The van der Waals surface area contributed by atoms with Crippen LogP contribution in [0.15, 0.2) is 0 Å². The van der Waals surface area contributed by atoms with Gasteiger partial charge >= 0.3 is 0 Å². The normalized spacial score (nSPS) is 20.1. The van der Waals surface area contributed by atoms with Crippen molar-refractivity contribution < 1.29 is 13.2 Å². The molecule has 0 spiro atoms. The number of nitrogens with zero attached hydrogens (tertiary/aromatic N) is 3. The maximum atomic E-state index is 12.1. The number of rotatable bonds is 4. The van der Waals surface area contributed by atoms with E-state index in [0.29, 0.717) is 26.2 Å². The first-order valence-electron chi connectivity index (χ1n) is 6.40. The molecule has 0 aromatic heterocycles. The van der Waals surface area contributed by atoms with Crippen LogP contribution in [0.4, 0.5) is 0 Å². The van der Waals surface area contributed by atoms with Crippen molar-refractivity contribution in [2.75, 3.05) is 40.3 Å². The third kappa shape index (κ3) is 3.65. The first-order valence-corrected chi connectivity index (χ1v) is 7.79. The minimum absolute atomic E-state index is 0.0797. The number of amides is 1. The maximum absolute atomic E-state index is 12.1. The third-order valence-corrected chi connectivity index (χ3v) is 5.28. The van der Waals surface area contributed by atoms with Gasteiger partial charge in [-0.05, 0) is 5.92 Å². The van der Waals surface area contributed by atoms with Crippen LogP contribution >= 0.6 is 0 Å². The van der Waals surface area contributed by atoms with Crippen LogP contribution in [0.2, 0.25) is 0 Å². The average molecular weight is 292 g/mol. The highest BCUT2D eigenvalue weighted by Gasteiger charge is 2.32. The predicted molar refractivity (Wildman–Crippen MR) is 73.6 cm³/mol. The molecule has 1 heterocycles. The van der Waals surface area contributed by atoms with Crippen LogP contribution in [-0.4, -0.2) is 74.2 Å². The lowest BCUT2D eigenvalue weighted by Crippen LogP contribution is -2.56. The number of hydrogen-bond donors (Lipinski definition) is 1. The molecule has 1 aliphatic heterocycles. The van der Waals surface area contributed by atoms with Gasteiger partial charge in [0.25, 0.3) is 10.2 Å². The smallest absolute Gasteiger partial charge is 0.281 e. The zero-order valence-electron chi connectivity index (χ0n) is 12.0. The Morgan fingerprint density at radius 3 is 2.00 bits per heavy atom. The molecule has 1 amide bonds. The summed E-state index contributed by atoms with van der Waals surface area (Å²) in [7, 11) is -0.385. The fourth-order valence-corrected chi connectivity index (χ4v) is 2.95. The Morgan fingerprint density at radius 2 is 1.63 bits per heavy atom. The molecule has 1 fully saturated rings. The minimum Gasteiger partial charge on any atom is -0.339 e. The second kappa shape index (κ2) is 6.17. The highest BCUT2D eigenvalue weighted by Crippen LogP contribution is 2.12. The summed E-state index contributed by atoms with van der Waals surface area (Å²) in [6.45, 7) is 5.22. The number of nitrogens with two attached hydrogens (primary N) is 1. The van der Waals surface area contributed by atoms with Gasteiger partial charge in [0.2, 0.25) is 5.91 Å². The summed E-state index contributed by atoms with van der Waals surface area (Å²) >= 11 is 0. The van der Waals surface area contributed by atoms with Crippen molar-refractivity contribution in [3.63, 3.8) is 0 Å². The fourth-order valence-electron chi connectivity index (χ4n) is 1.87. The van der Waals surface area contributed by atoms with Gasteiger partial charge in [0.05, 0.1) is 6.04 Å². The quantitative estimate of drug-likeness (QED) is 0.714. The molecule has 19 heavy (non-hydrogen) atoms. The summed E-state index contributed by atoms with van der Waals surface area (Å²) in [5.74, 6) is -0.0204. The zero-order chi connectivity index (χ0) is 14.8. The molecule has 8 heteroatoms. The van der Waals surface area contributed by atoms with E-state index in [1.165, 1.54) is 22.7 Å². The topological polar surface area (TPSA) is 87.0 Å². The van der Waals surface area contributed by atoms with Gasteiger partial charge in [-0.1, -0.05) is 13.8 Å². The van der Waals surface area contributed by atoms with Crippen LogP contribution in [0.5, 0.6) is 0 Å². The Hall–Kier alpha value is -0.700. The predicted octanol–water partition coefficient (Wildman–Crippen LogP) is -1.08. The van der Waals surface area contributed by atoms with Gasteiger partial charge in [0.1, 0.15) is 0 Å². The fraction of sp³-hybridized carbons (Fsp3) is 0.909. The first kappa shape index (κ1) is 16.4. The van der Waals surface area contributed by atoms with Crippen LogP contribution in [0, 0.1) is 5.92 Å². The van der Waals surface area contributed by atoms with E-state index in [1.54, 1.807) is 4.90 Å². The molecular weight excluding hydrogens is 268 g/mol. The Kier molecular flexibility index (Phi) is 5.31. The van der Waals surface area contributed by atoms with Crippen LogP contribution in [-0.2, 0) is 15.0 Å². The van der Waals surface area contributed by atoms with Gasteiger partial charge in [0.15, 0.2) is 0 Å². The molecule has 112 valence electrons. The molecule has 1 aliphatic rings. The molecule has 0 aromatic carbocycles. The van der Waals surface area contributed by atoms with Crippen molar-refractivity contribution in [1.82, 2.24) is 13.5 Å². The van der Waals surface area contributed by atoms with E-state index in [0.717, 1.165) is 0 Å². The highest BCUT2D eigenvalue weighted by atomic mass is 32.2. The molecular formula is C11H24N4O3S. The molecule has 0 radical (unpaired) electrons. The van der Waals surface area contributed by atoms with Crippen molar-refractivity contribution >= 4 is 16.1 Å². The summed E-state index contributed by atoms with van der Waals surface area (Å²) in [4.78, 5) is 13.7. The third-order valence-electron chi connectivity index (χ3n) is 3.34. The molecule has 1 saturated heterocycles. The summed E-state index contributed by atoms with van der Waals surface area (Å²) in [5, 5.41) is 0. The minimum atomic E-state index is -3.39. The van der Waals surface area contributed by atoms with Crippen molar-refractivity contribution in [2.24, 2.45) is 11.7 Å². The van der Waals surface area contributed by atoms with E-state index in [4.69, 9.17) is 5.73 Å². The second-order valence-corrected chi connectivity index (χ2v) is 7.43. The summed E-state index contributed by atoms with van der Waals surface area (Å²) in [6.07, 6.45) is 0. The van der Waals surface area contributed by atoms with Crippen LogP contribution in [0.3, 0.4) is 0 Å². The average Bonchev–Trinajstić information content (AvgIpc) is 2.36. The van der Waals surface area contributed by atoms with Gasteiger partial charge < -0.3 is 10.6 Å². The molecule has 0 aromatic rings. The molecule has 1 rings (SSSR count). The lowest BCUT2D eigenvalue weighted by atomic mass is 10.0. The lowest BCUT2D eigenvalue weighted by Gasteiger charge is -2.36. The molecule has 0 aliphatic carbocycles. The van der Waals surface area contributed by atoms with Gasteiger partial charge in [-0.2, -0.15) is 17.0 Å². The number of hydrogen-bond acceptors (Lipinski definition) is 4. The van der Waals surface area contributed by atoms with Crippen molar-refractivity contribution in [1.29, 1.82) is 0 Å². The van der Waals surface area contributed by atoms with Gasteiger partial charge in [-0.3, -0.25) is 4.79 Å². The van der Waals surface area contributed by atoms with E-state index < -0.39 is 16.3 Å². The molecule has 7 nitrogen and oxygen atoms in total.